The molecule has 84 valence electrons. The first kappa shape index (κ1) is 10.5. The van der Waals surface area contributed by atoms with Gasteiger partial charge in [-0.05, 0) is 12.1 Å². The van der Waals surface area contributed by atoms with E-state index in [1.807, 2.05) is 32.4 Å². The summed E-state index contributed by atoms with van der Waals surface area (Å²) in [6.45, 7) is 0.706. The summed E-state index contributed by atoms with van der Waals surface area (Å²) in [5, 5.41) is 3.36. The second-order valence-corrected chi connectivity index (χ2v) is 3.80. The van der Waals surface area contributed by atoms with E-state index in [-0.39, 0.29) is 0 Å². The fourth-order valence-electron chi connectivity index (χ4n) is 1.59. The molecule has 0 atom stereocenters. The number of nitrogens with one attached hydrogen (secondary N) is 2. The minimum absolute atomic E-state index is 0.706. The molecule has 1 aromatic carbocycles. The Morgan fingerprint density at radius 2 is 2.12 bits per heavy atom. The van der Waals surface area contributed by atoms with Crippen molar-refractivity contribution in [2.75, 3.05) is 24.3 Å². The normalized spacial score (nSPS) is 10.1. The number of anilines is 2. The van der Waals surface area contributed by atoms with Crippen LogP contribution in [-0.2, 0) is 6.54 Å². The van der Waals surface area contributed by atoms with Gasteiger partial charge in [-0.3, -0.25) is 0 Å². The standard InChI is InChI=1S/C12H16N4/c1-16(2)11-6-4-3-5-10(11)15-9-12-13-7-8-14-12/h3-8,15H,9H2,1-2H3,(H,13,14). The zero-order valence-electron chi connectivity index (χ0n) is 9.57. The molecule has 0 bridgehead atoms. The number of H-pyrrole nitrogens is 1. The van der Waals surface area contributed by atoms with E-state index < -0.39 is 0 Å². The minimum atomic E-state index is 0.706. The monoisotopic (exact) mass is 216 g/mol. The molecule has 0 aliphatic heterocycles. The maximum atomic E-state index is 4.17. The summed E-state index contributed by atoms with van der Waals surface area (Å²) < 4.78 is 0. The van der Waals surface area contributed by atoms with E-state index in [4.69, 9.17) is 0 Å². The third kappa shape index (κ3) is 2.34. The van der Waals surface area contributed by atoms with Crippen molar-refractivity contribution in [2.24, 2.45) is 0 Å². The summed E-state index contributed by atoms with van der Waals surface area (Å²) in [4.78, 5) is 9.33. The molecule has 2 aromatic rings. The van der Waals surface area contributed by atoms with Gasteiger partial charge in [-0.15, -0.1) is 0 Å². The average Bonchev–Trinajstić information content (AvgIpc) is 2.79. The molecular formula is C12H16N4. The Balaban J connectivity index is 2.09. The van der Waals surface area contributed by atoms with Crippen LogP contribution in [0.1, 0.15) is 5.82 Å². The average molecular weight is 216 g/mol. The lowest BCUT2D eigenvalue weighted by atomic mass is 10.2. The van der Waals surface area contributed by atoms with Crippen LogP contribution in [0.25, 0.3) is 0 Å². The quantitative estimate of drug-likeness (QED) is 0.822. The van der Waals surface area contributed by atoms with Crippen molar-refractivity contribution >= 4 is 11.4 Å². The SMILES string of the molecule is CN(C)c1ccccc1NCc1ncc[nH]1. The van der Waals surface area contributed by atoms with E-state index in [9.17, 15) is 0 Å². The number of aromatic amines is 1. The molecule has 1 heterocycles. The van der Waals surface area contributed by atoms with Crippen LogP contribution in [0.3, 0.4) is 0 Å². The fourth-order valence-corrected chi connectivity index (χ4v) is 1.59. The summed E-state index contributed by atoms with van der Waals surface area (Å²) in [5.74, 6) is 0.938. The highest BCUT2D eigenvalue weighted by Crippen LogP contribution is 2.23. The lowest BCUT2D eigenvalue weighted by molar-refractivity contribution is 0.995. The van der Waals surface area contributed by atoms with Crippen molar-refractivity contribution in [1.82, 2.24) is 9.97 Å². The third-order valence-corrected chi connectivity index (χ3v) is 2.39. The molecule has 0 unspecified atom stereocenters. The maximum absolute atomic E-state index is 4.17. The molecule has 0 radical (unpaired) electrons. The molecule has 4 heteroatoms. The molecule has 0 saturated carbocycles. The van der Waals surface area contributed by atoms with Crippen molar-refractivity contribution in [1.29, 1.82) is 0 Å². The zero-order valence-corrected chi connectivity index (χ0v) is 9.57. The topological polar surface area (TPSA) is 44.0 Å². The number of nitrogens with zero attached hydrogens (tertiary/aromatic N) is 2. The van der Waals surface area contributed by atoms with Crippen LogP contribution >= 0.6 is 0 Å². The minimum Gasteiger partial charge on any atom is -0.376 e. The highest BCUT2D eigenvalue weighted by molar-refractivity contribution is 5.69. The molecule has 4 nitrogen and oxygen atoms in total. The molecule has 0 saturated heterocycles. The number of benzene rings is 1. The molecule has 2 N–H and O–H groups in total. The van der Waals surface area contributed by atoms with Crippen molar-refractivity contribution < 1.29 is 0 Å². The van der Waals surface area contributed by atoms with Crippen LogP contribution in [0.2, 0.25) is 0 Å². The van der Waals surface area contributed by atoms with Gasteiger partial charge < -0.3 is 15.2 Å². The number of hydrogen-bond acceptors (Lipinski definition) is 3. The number of imidazole rings is 1. The first-order valence-corrected chi connectivity index (χ1v) is 5.26. The van der Waals surface area contributed by atoms with Gasteiger partial charge in [-0.2, -0.15) is 0 Å². The van der Waals surface area contributed by atoms with Gasteiger partial charge in [0, 0.05) is 26.5 Å². The van der Waals surface area contributed by atoms with Crippen LogP contribution in [-0.4, -0.2) is 24.1 Å². The first-order valence-electron chi connectivity index (χ1n) is 5.26. The predicted molar refractivity (Wildman–Crippen MR) is 66.7 cm³/mol. The summed E-state index contributed by atoms with van der Waals surface area (Å²) in [7, 11) is 4.07. The fraction of sp³-hybridized carbons (Fsp3) is 0.250. The Bertz CT molecular complexity index is 434. The van der Waals surface area contributed by atoms with Crippen LogP contribution < -0.4 is 10.2 Å². The van der Waals surface area contributed by atoms with Gasteiger partial charge in [0.15, 0.2) is 0 Å². The van der Waals surface area contributed by atoms with Gasteiger partial charge >= 0.3 is 0 Å². The summed E-state index contributed by atoms with van der Waals surface area (Å²) >= 11 is 0. The van der Waals surface area contributed by atoms with E-state index in [1.54, 1.807) is 6.20 Å². The molecule has 0 aliphatic carbocycles. The first-order chi connectivity index (χ1) is 7.77. The molecule has 2 rings (SSSR count). The van der Waals surface area contributed by atoms with Crippen molar-refractivity contribution in [3.63, 3.8) is 0 Å². The van der Waals surface area contributed by atoms with Gasteiger partial charge in [0.25, 0.3) is 0 Å². The second kappa shape index (κ2) is 4.70. The smallest absolute Gasteiger partial charge is 0.125 e. The van der Waals surface area contributed by atoms with Crippen molar-refractivity contribution in [3.05, 3.63) is 42.5 Å². The highest BCUT2D eigenvalue weighted by Gasteiger charge is 2.03. The van der Waals surface area contributed by atoms with Gasteiger partial charge in [-0.25, -0.2) is 4.98 Å². The van der Waals surface area contributed by atoms with Gasteiger partial charge in [0.2, 0.25) is 0 Å². The Morgan fingerprint density at radius 1 is 1.31 bits per heavy atom. The van der Waals surface area contributed by atoms with Crippen molar-refractivity contribution in [2.45, 2.75) is 6.54 Å². The van der Waals surface area contributed by atoms with E-state index >= 15 is 0 Å². The van der Waals surface area contributed by atoms with Crippen LogP contribution in [0.15, 0.2) is 36.7 Å². The van der Waals surface area contributed by atoms with Gasteiger partial charge in [-0.1, -0.05) is 12.1 Å². The summed E-state index contributed by atoms with van der Waals surface area (Å²) in [6, 6.07) is 8.22. The van der Waals surface area contributed by atoms with Crippen LogP contribution in [0, 0.1) is 0 Å². The molecule has 0 fully saturated rings. The summed E-state index contributed by atoms with van der Waals surface area (Å²) in [5.41, 5.74) is 2.29. The highest BCUT2D eigenvalue weighted by atomic mass is 15.1. The predicted octanol–water partition coefficient (Wildman–Crippen LogP) is 2.09. The van der Waals surface area contributed by atoms with E-state index in [0.29, 0.717) is 6.54 Å². The number of para-hydroxylation sites is 2. The number of rotatable bonds is 4. The second-order valence-electron chi connectivity index (χ2n) is 3.80. The van der Waals surface area contributed by atoms with Gasteiger partial charge in [0.05, 0.1) is 17.9 Å². The van der Waals surface area contributed by atoms with Crippen LogP contribution in [0.5, 0.6) is 0 Å². The lowest BCUT2D eigenvalue weighted by Gasteiger charge is -2.17. The largest absolute Gasteiger partial charge is 0.376 e. The molecule has 0 aliphatic rings. The molecule has 0 spiro atoms. The number of hydrogen-bond donors (Lipinski definition) is 2. The van der Waals surface area contributed by atoms with E-state index in [0.717, 1.165) is 11.5 Å². The van der Waals surface area contributed by atoms with Crippen LogP contribution in [0.4, 0.5) is 11.4 Å². The molecular weight excluding hydrogens is 200 g/mol. The Labute approximate surface area is 95.3 Å². The van der Waals surface area contributed by atoms with Gasteiger partial charge in [0.1, 0.15) is 5.82 Å². The molecule has 16 heavy (non-hydrogen) atoms. The Kier molecular flexibility index (Phi) is 3.10. The molecule has 1 aromatic heterocycles. The Morgan fingerprint density at radius 3 is 2.81 bits per heavy atom. The number of aromatic nitrogens is 2. The van der Waals surface area contributed by atoms with Crippen molar-refractivity contribution in [3.8, 4) is 0 Å². The van der Waals surface area contributed by atoms with E-state index in [1.165, 1.54) is 5.69 Å². The third-order valence-electron chi connectivity index (χ3n) is 2.39. The summed E-state index contributed by atoms with van der Waals surface area (Å²) in [6.07, 6.45) is 3.59. The maximum Gasteiger partial charge on any atom is 0.125 e. The lowest BCUT2D eigenvalue weighted by Crippen LogP contribution is -2.12. The molecule has 0 amide bonds. The van der Waals surface area contributed by atoms with E-state index in [2.05, 4.69) is 32.3 Å². The Hall–Kier alpha value is -1.97. The zero-order chi connectivity index (χ0) is 11.4.